The fraction of sp³-hybridized carbons (Fsp3) is 0.211. The number of amides is 3. The lowest BCUT2D eigenvalue weighted by Crippen LogP contribution is -2.37. The van der Waals surface area contributed by atoms with Crippen LogP contribution in [0.15, 0.2) is 36.4 Å². The number of urea groups is 1. The van der Waals surface area contributed by atoms with Crippen molar-refractivity contribution >= 4 is 23.6 Å². The van der Waals surface area contributed by atoms with E-state index in [1.54, 1.807) is 12.1 Å². The normalized spacial score (nSPS) is 10.1. The second-order valence-corrected chi connectivity index (χ2v) is 5.68. The number of anilines is 1. The molecule has 0 fully saturated rings. The first kappa shape index (κ1) is 19.9. The van der Waals surface area contributed by atoms with Crippen molar-refractivity contribution in [2.45, 2.75) is 13.8 Å². The Labute approximate surface area is 155 Å². The molecule has 8 heteroatoms. The van der Waals surface area contributed by atoms with Gasteiger partial charge in [-0.15, -0.1) is 0 Å². The van der Waals surface area contributed by atoms with Crippen molar-refractivity contribution < 1.29 is 28.2 Å². The fourth-order valence-electron chi connectivity index (χ4n) is 2.21. The van der Waals surface area contributed by atoms with Crippen LogP contribution in [-0.4, -0.2) is 31.6 Å². The van der Waals surface area contributed by atoms with Gasteiger partial charge in [-0.1, -0.05) is 12.1 Å². The Morgan fingerprint density at radius 1 is 1.11 bits per heavy atom. The van der Waals surface area contributed by atoms with Gasteiger partial charge in [0.1, 0.15) is 0 Å². The van der Waals surface area contributed by atoms with Crippen LogP contribution in [0, 0.1) is 19.7 Å². The second-order valence-electron chi connectivity index (χ2n) is 5.68. The van der Waals surface area contributed by atoms with E-state index in [4.69, 9.17) is 9.47 Å². The Kier molecular flexibility index (Phi) is 6.48. The van der Waals surface area contributed by atoms with Gasteiger partial charge in [-0.3, -0.25) is 10.1 Å². The van der Waals surface area contributed by atoms with Crippen molar-refractivity contribution in [1.29, 1.82) is 0 Å². The molecule has 2 aromatic carbocycles. The molecule has 0 bridgehead atoms. The van der Waals surface area contributed by atoms with Crippen LogP contribution in [0.5, 0.6) is 5.75 Å². The van der Waals surface area contributed by atoms with E-state index >= 15 is 0 Å². The average Bonchev–Trinajstić information content (AvgIpc) is 2.63. The number of carbonyl (C=O) groups excluding carboxylic acids is 3. The van der Waals surface area contributed by atoms with Gasteiger partial charge in [0.2, 0.25) is 0 Å². The summed E-state index contributed by atoms with van der Waals surface area (Å²) >= 11 is 0. The molecule has 0 saturated heterocycles. The predicted molar refractivity (Wildman–Crippen MR) is 96.3 cm³/mol. The Morgan fingerprint density at radius 3 is 2.52 bits per heavy atom. The number of nitrogens with one attached hydrogen (secondary N) is 2. The van der Waals surface area contributed by atoms with E-state index in [1.807, 2.05) is 19.9 Å². The minimum Gasteiger partial charge on any atom is -0.494 e. The second kappa shape index (κ2) is 8.79. The maximum atomic E-state index is 13.6. The van der Waals surface area contributed by atoms with Crippen molar-refractivity contribution in [3.8, 4) is 5.75 Å². The monoisotopic (exact) mass is 374 g/mol. The maximum absolute atomic E-state index is 13.6. The number of benzene rings is 2. The van der Waals surface area contributed by atoms with Gasteiger partial charge in [0, 0.05) is 5.69 Å². The van der Waals surface area contributed by atoms with Gasteiger partial charge in [0.15, 0.2) is 18.2 Å². The number of hydrogen-bond acceptors (Lipinski definition) is 5. The molecule has 0 aliphatic heterocycles. The number of esters is 1. The fourth-order valence-corrected chi connectivity index (χ4v) is 2.21. The van der Waals surface area contributed by atoms with Crippen molar-refractivity contribution in [2.75, 3.05) is 19.0 Å². The largest absolute Gasteiger partial charge is 0.494 e. The molecule has 0 saturated carbocycles. The molecule has 0 aliphatic rings. The summed E-state index contributed by atoms with van der Waals surface area (Å²) in [6, 6.07) is 8.12. The van der Waals surface area contributed by atoms with Gasteiger partial charge in [-0.05, 0) is 49.2 Å². The molecule has 2 aromatic rings. The molecular weight excluding hydrogens is 355 g/mol. The summed E-state index contributed by atoms with van der Waals surface area (Å²) in [6.45, 7) is 3.04. The first-order valence-corrected chi connectivity index (χ1v) is 7.99. The molecular formula is C19H19FN2O5. The zero-order chi connectivity index (χ0) is 20.0. The highest BCUT2D eigenvalue weighted by atomic mass is 19.1. The number of hydrogen-bond donors (Lipinski definition) is 2. The van der Waals surface area contributed by atoms with Gasteiger partial charge in [0.25, 0.3) is 5.91 Å². The molecule has 0 spiro atoms. The number of ether oxygens (including phenoxy) is 2. The molecule has 2 N–H and O–H groups in total. The van der Waals surface area contributed by atoms with Crippen LogP contribution in [-0.2, 0) is 9.53 Å². The van der Waals surface area contributed by atoms with Crippen LogP contribution in [0.1, 0.15) is 21.5 Å². The number of imide groups is 1. The van der Waals surface area contributed by atoms with E-state index in [0.29, 0.717) is 5.69 Å². The van der Waals surface area contributed by atoms with Gasteiger partial charge < -0.3 is 14.8 Å². The number of aryl methyl sites for hydroxylation is 1. The molecule has 2 rings (SSSR count). The smallest absolute Gasteiger partial charge is 0.338 e. The van der Waals surface area contributed by atoms with Crippen LogP contribution in [0.4, 0.5) is 14.9 Å². The number of methoxy groups -OCH3 is 1. The van der Waals surface area contributed by atoms with Crippen LogP contribution in [0.25, 0.3) is 0 Å². The zero-order valence-electron chi connectivity index (χ0n) is 15.1. The number of halogens is 1. The highest BCUT2D eigenvalue weighted by Gasteiger charge is 2.15. The first-order valence-electron chi connectivity index (χ1n) is 7.99. The van der Waals surface area contributed by atoms with Crippen LogP contribution < -0.4 is 15.4 Å². The van der Waals surface area contributed by atoms with E-state index in [1.165, 1.54) is 19.2 Å². The molecule has 0 aliphatic carbocycles. The van der Waals surface area contributed by atoms with Gasteiger partial charge >= 0.3 is 12.0 Å². The summed E-state index contributed by atoms with van der Waals surface area (Å²) in [6.07, 6.45) is 0. The summed E-state index contributed by atoms with van der Waals surface area (Å²) < 4.78 is 23.1. The molecule has 27 heavy (non-hydrogen) atoms. The third kappa shape index (κ3) is 5.27. The maximum Gasteiger partial charge on any atom is 0.338 e. The van der Waals surface area contributed by atoms with E-state index in [2.05, 4.69) is 10.6 Å². The van der Waals surface area contributed by atoms with Gasteiger partial charge in [-0.25, -0.2) is 14.0 Å². The minimum absolute atomic E-state index is 0.0209. The van der Waals surface area contributed by atoms with Crippen molar-refractivity contribution in [3.05, 3.63) is 58.9 Å². The molecule has 7 nitrogen and oxygen atoms in total. The lowest BCUT2D eigenvalue weighted by atomic mass is 10.1. The third-order valence-corrected chi connectivity index (χ3v) is 3.83. The standard InChI is InChI=1S/C19H19FN2O5/c1-11-5-4-6-15(12(11)2)21-19(25)22-17(23)10-27-18(24)13-7-8-16(26-3)14(20)9-13/h4-9H,10H2,1-3H3,(H2,21,22,23,25). The molecule has 142 valence electrons. The average molecular weight is 374 g/mol. The number of carbonyl (C=O) groups is 3. The van der Waals surface area contributed by atoms with E-state index in [-0.39, 0.29) is 11.3 Å². The topological polar surface area (TPSA) is 93.7 Å². The van der Waals surface area contributed by atoms with Crippen molar-refractivity contribution in [1.82, 2.24) is 5.32 Å². The molecule has 0 radical (unpaired) electrons. The quantitative estimate of drug-likeness (QED) is 0.785. The van der Waals surface area contributed by atoms with E-state index in [0.717, 1.165) is 17.2 Å². The summed E-state index contributed by atoms with van der Waals surface area (Å²) in [5.74, 6) is -2.47. The highest BCUT2D eigenvalue weighted by molar-refractivity contribution is 6.02. The third-order valence-electron chi connectivity index (χ3n) is 3.83. The minimum atomic E-state index is -0.901. The Bertz CT molecular complexity index is 882. The van der Waals surface area contributed by atoms with Crippen LogP contribution >= 0.6 is 0 Å². The Hall–Kier alpha value is -3.42. The SMILES string of the molecule is COc1ccc(C(=O)OCC(=O)NC(=O)Nc2cccc(C)c2C)cc1F. The lowest BCUT2D eigenvalue weighted by Gasteiger charge is -2.11. The van der Waals surface area contributed by atoms with Crippen LogP contribution in [0.3, 0.4) is 0 Å². The summed E-state index contributed by atoms with van der Waals surface area (Å²) in [4.78, 5) is 35.5. The summed E-state index contributed by atoms with van der Waals surface area (Å²) in [5.41, 5.74) is 2.33. The van der Waals surface area contributed by atoms with Crippen molar-refractivity contribution in [3.63, 3.8) is 0 Å². The van der Waals surface area contributed by atoms with Gasteiger partial charge in [-0.2, -0.15) is 0 Å². The number of rotatable bonds is 5. The molecule has 0 unspecified atom stereocenters. The van der Waals surface area contributed by atoms with Gasteiger partial charge in [0.05, 0.1) is 12.7 Å². The Morgan fingerprint density at radius 2 is 1.85 bits per heavy atom. The van der Waals surface area contributed by atoms with E-state index in [9.17, 15) is 18.8 Å². The first-order chi connectivity index (χ1) is 12.8. The zero-order valence-corrected chi connectivity index (χ0v) is 15.1. The Balaban J connectivity index is 1.86. The molecule has 0 atom stereocenters. The van der Waals surface area contributed by atoms with Crippen molar-refractivity contribution in [2.24, 2.45) is 0 Å². The molecule has 0 heterocycles. The predicted octanol–water partition coefficient (Wildman–Crippen LogP) is 2.96. The lowest BCUT2D eigenvalue weighted by molar-refractivity contribution is -0.123. The summed E-state index contributed by atoms with van der Waals surface area (Å²) in [7, 11) is 1.30. The van der Waals surface area contributed by atoms with Crippen LogP contribution in [0.2, 0.25) is 0 Å². The molecule has 0 aromatic heterocycles. The highest BCUT2D eigenvalue weighted by Crippen LogP contribution is 2.18. The van der Waals surface area contributed by atoms with E-state index < -0.39 is 30.3 Å². The molecule has 3 amide bonds. The summed E-state index contributed by atoms with van der Waals surface area (Å²) in [5, 5.41) is 4.60.